The van der Waals surface area contributed by atoms with Crippen LogP contribution in [0.3, 0.4) is 0 Å². The third-order valence-electron chi connectivity index (χ3n) is 4.07. The second-order valence-electron chi connectivity index (χ2n) is 6.28. The molecule has 2 aromatic rings. The van der Waals surface area contributed by atoms with E-state index in [1.807, 2.05) is 74.4 Å². The summed E-state index contributed by atoms with van der Waals surface area (Å²) < 4.78 is 0. The average Bonchev–Trinajstić information content (AvgIpc) is 2.59. The SMILES string of the molecule is CN(C)C(C(=O)c1ccccc1)C(C(=O)c1ccccc1)N(C)C. The predicted molar refractivity (Wildman–Crippen MR) is 96.5 cm³/mol. The van der Waals surface area contributed by atoms with E-state index in [9.17, 15) is 9.59 Å². The highest BCUT2D eigenvalue weighted by Gasteiger charge is 2.37. The Balaban J connectivity index is 2.42. The lowest BCUT2D eigenvalue weighted by Crippen LogP contribution is -2.55. The zero-order valence-electron chi connectivity index (χ0n) is 14.6. The minimum atomic E-state index is -0.560. The molecule has 0 fully saturated rings. The third kappa shape index (κ3) is 3.96. The number of carbonyl (C=O) groups is 2. The van der Waals surface area contributed by atoms with Crippen LogP contribution in [0.1, 0.15) is 20.7 Å². The van der Waals surface area contributed by atoms with Gasteiger partial charge in [0.2, 0.25) is 0 Å². The molecule has 24 heavy (non-hydrogen) atoms. The van der Waals surface area contributed by atoms with Crippen molar-refractivity contribution in [3.05, 3.63) is 71.8 Å². The number of ketones is 2. The van der Waals surface area contributed by atoms with Crippen LogP contribution in [0.5, 0.6) is 0 Å². The second-order valence-corrected chi connectivity index (χ2v) is 6.28. The minimum Gasteiger partial charge on any atom is -0.298 e. The van der Waals surface area contributed by atoms with E-state index < -0.39 is 12.1 Å². The predicted octanol–water partition coefficient (Wildman–Crippen LogP) is 2.61. The van der Waals surface area contributed by atoms with Crippen molar-refractivity contribution in [1.82, 2.24) is 9.80 Å². The summed E-state index contributed by atoms with van der Waals surface area (Å²) in [5.41, 5.74) is 1.23. The second kappa shape index (κ2) is 7.99. The maximum Gasteiger partial charge on any atom is 0.182 e. The van der Waals surface area contributed by atoms with Gasteiger partial charge in [0.15, 0.2) is 11.6 Å². The molecule has 0 amide bonds. The zero-order valence-corrected chi connectivity index (χ0v) is 14.6. The summed E-state index contributed by atoms with van der Waals surface area (Å²) in [4.78, 5) is 29.7. The van der Waals surface area contributed by atoms with E-state index in [1.54, 1.807) is 24.3 Å². The van der Waals surface area contributed by atoms with Gasteiger partial charge in [-0.15, -0.1) is 0 Å². The molecule has 126 valence electrons. The number of nitrogens with zero attached hydrogens (tertiary/aromatic N) is 2. The Morgan fingerprint density at radius 3 is 1.17 bits per heavy atom. The minimum absolute atomic E-state index is 0.0522. The number of benzene rings is 2. The molecule has 4 heteroatoms. The number of Topliss-reactive ketones (excluding diaryl/α,β-unsaturated/α-hetero) is 2. The molecule has 0 N–H and O–H groups in total. The first kappa shape index (κ1) is 18.0. The van der Waals surface area contributed by atoms with Gasteiger partial charge in [0, 0.05) is 11.1 Å². The van der Waals surface area contributed by atoms with Gasteiger partial charge in [-0.3, -0.25) is 19.4 Å². The number of likely N-dealkylation sites (N-methyl/N-ethyl adjacent to an activating group) is 2. The highest BCUT2D eigenvalue weighted by atomic mass is 16.1. The molecule has 2 rings (SSSR count). The Bertz CT molecular complexity index is 620. The smallest absolute Gasteiger partial charge is 0.182 e. The van der Waals surface area contributed by atoms with E-state index in [0.717, 1.165) is 0 Å². The molecule has 0 heterocycles. The van der Waals surface area contributed by atoms with Crippen molar-refractivity contribution in [1.29, 1.82) is 0 Å². The Kier molecular flexibility index (Phi) is 6.01. The summed E-state index contributed by atoms with van der Waals surface area (Å²) in [6.07, 6.45) is 0. The summed E-state index contributed by atoms with van der Waals surface area (Å²) >= 11 is 0. The Morgan fingerprint density at radius 2 is 0.917 bits per heavy atom. The molecule has 0 radical (unpaired) electrons. The summed E-state index contributed by atoms with van der Waals surface area (Å²) in [5.74, 6) is -0.104. The Hall–Kier alpha value is -2.30. The van der Waals surface area contributed by atoms with Crippen molar-refractivity contribution in [2.45, 2.75) is 12.1 Å². The van der Waals surface area contributed by atoms with Gasteiger partial charge in [-0.1, -0.05) is 60.7 Å². The van der Waals surface area contributed by atoms with Gasteiger partial charge in [-0.25, -0.2) is 0 Å². The average molecular weight is 324 g/mol. The van der Waals surface area contributed by atoms with E-state index >= 15 is 0 Å². The van der Waals surface area contributed by atoms with E-state index in [2.05, 4.69) is 0 Å². The Labute approximate surface area is 143 Å². The fourth-order valence-electron chi connectivity index (χ4n) is 2.87. The normalized spacial score (nSPS) is 13.8. The van der Waals surface area contributed by atoms with Crippen LogP contribution in [0.4, 0.5) is 0 Å². The van der Waals surface area contributed by atoms with E-state index in [4.69, 9.17) is 0 Å². The van der Waals surface area contributed by atoms with Gasteiger partial charge >= 0.3 is 0 Å². The molecule has 2 atom stereocenters. The summed E-state index contributed by atoms with van der Waals surface area (Å²) in [6, 6.07) is 17.1. The van der Waals surface area contributed by atoms with Crippen LogP contribution in [0.25, 0.3) is 0 Å². The zero-order chi connectivity index (χ0) is 17.7. The third-order valence-corrected chi connectivity index (χ3v) is 4.07. The van der Waals surface area contributed by atoms with Crippen molar-refractivity contribution in [3.8, 4) is 0 Å². The molecular formula is C20H24N2O2. The van der Waals surface area contributed by atoms with E-state index in [-0.39, 0.29) is 11.6 Å². The van der Waals surface area contributed by atoms with E-state index in [0.29, 0.717) is 11.1 Å². The van der Waals surface area contributed by atoms with Crippen LogP contribution < -0.4 is 0 Å². The molecule has 0 aliphatic heterocycles. The molecule has 0 aliphatic carbocycles. The van der Waals surface area contributed by atoms with Crippen molar-refractivity contribution < 1.29 is 9.59 Å². The maximum atomic E-state index is 13.0. The van der Waals surface area contributed by atoms with Crippen molar-refractivity contribution in [2.24, 2.45) is 0 Å². The lowest BCUT2D eigenvalue weighted by molar-refractivity contribution is 0.0639. The summed E-state index contributed by atoms with van der Waals surface area (Å²) in [5, 5.41) is 0. The molecule has 2 aromatic carbocycles. The standard InChI is InChI=1S/C20H24N2O2/c1-21(2)17(19(23)15-11-7-5-8-12-15)18(22(3)4)20(24)16-13-9-6-10-14-16/h5-14,17-18H,1-4H3. The van der Waals surface area contributed by atoms with Gasteiger partial charge in [0.25, 0.3) is 0 Å². The first-order valence-corrected chi connectivity index (χ1v) is 7.95. The van der Waals surface area contributed by atoms with Crippen LogP contribution in [0, 0.1) is 0 Å². The van der Waals surface area contributed by atoms with Gasteiger partial charge in [0.05, 0.1) is 12.1 Å². The monoisotopic (exact) mass is 324 g/mol. The van der Waals surface area contributed by atoms with Gasteiger partial charge in [0.1, 0.15) is 0 Å². The van der Waals surface area contributed by atoms with Crippen molar-refractivity contribution in [3.63, 3.8) is 0 Å². The van der Waals surface area contributed by atoms with Gasteiger partial charge in [-0.2, -0.15) is 0 Å². The number of hydrogen-bond donors (Lipinski definition) is 0. The fraction of sp³-hybridized carbons (Fsp3) is 0.300. The van der Waals surface area contributed by atoms with Gasteiger partial charge in [-0.05, 0) is 28.2 Å². The molecular weight excluding hydrogens is 300 g/mol. The number of carbonyl (C=O) groups excluding carboxylic acids is 2. The van der Waals surface area contributed by atoms with Crippen LogP contribution in [0.15, 0.2) is 60.7 Å². The Morgan fingerprint density at radius 1 is 0.625 bits per heavy atom. The lowest BCUT2D eigenvalue weighted by atomic mass is 9.90. The molecule has 2 unspecified atom stereocenters. The quantitative estimate of drug-likeness (QED) is 0.734. The molecule has 0 saturated heterocycles. The van der Waals surface area contributed by atoms with Crippen LogP contribution in [-0.4, -0.2) is 61.6 Å². The molecule has 0 aliphatic rings. The topological polar surface area (TPSA) is 40.6 Å². The number of hydrogen-bond acceptors (Lipinski definition) is 4. The number of rotatable bonds is 7. The molecule has 0 bridgehead atoms. The molecule has 0 aromatic heterocycles. The molecule has 0 spiro atoms. The highest BCUT2D eigenvalue weighted by molar-refractivity contribution is 6.08. The fourth-order valence-corrected chi connectivity index (χ4v) is 2.87. The van der Waals surface area contributed by atoms with E-state index in [1.165, 1.54) is 0 Å². The summed E-state index contributed by atoms with van der Waals surface area (Å²) in [6.45, 7) is 0. The largest absolute Gasteiger partial charge is 0.298 e. The molecule has 4 nitrogen and oxygen atoms in total. The van der Waals surface area contributed by atoms with Crippen LogP contribution in [-0.2, 0) is 0 Å². The highest BCUT2D eigenvalue weighted by Crippen LogP contribution is 2.18. The first-order valence-electron chi connectivity index (χ1n) is 7.95. The lowest BCUT2D eigenvalue weighted by Gasteiger charge is -2.34. The van der Waals surface area contributed by atoms with Crippen LogP contribution >= 0.6 is 0 Å². The maximum absolute atomic E-state index is 13.0. The molecule has 0 saturated carbocycles. The first-order chi connectivity index (χ1) is 11.4. The van der Waals surface area contributed by atoms with Crippen molar-refractivity contribution in [2.75, 3.05) is 28.2 Å². The summed E-state index contributed by atoms with van der Waals surface area (Å²) in [7, 11) is 7.33. The van der Waals surface area contributed by atoms with Gasteiger partial charge < -0.3 is 0 Å². The van der Waals surface area contributed by atoms with Crippen molar-refractivity contribution >= 4 is 11.6 Å². The van der Waals surface area contributed by atoms with Crippen LogP contribution in [0.2, 0.25) is 0 Å².